The monoisotopic (exact) mass is 470 g/mol. The lowest BCUT2D eigenvalue weighted by molar-refractivity contribution is -0.159. The van der Waals surface area contributed by atoms with Gasteiger partial charge in [0.1, 0.15) is 11.9 Å². The van der Waals surface area contributed by atoms with Crippen molar-refractivity contribution in [1.29, 1.82) is 0 Å². The maximum absolute atomic E-state index is 12.8. The molecule has 1 fully saturated rings. The highest BCUT2D eigenvalue weighted by molar-refractivity contribution is 7.89. The van der Waals surface area contributed by atoms with E-state index in [9.17, 15) is 21.6 Å². The van der Waals surface area contributed by atoms with Gasteiger partial charge in [-0.2, -0.15) is 22.5 Å². The summed E-state index contributed by atoms with van der Waals surface area (Å²) < 4.78 is 79.7. The van der Waals surface area contributed by atoms with E-state index in [2.05, 4.69) is 19.6 Å². The maximum Gasteiger partial charge on any atom is 0.471 e. The van der Waals surface area contributed by atoms with Gasteiger partial charge in [0, 0.05) is 24.4 Å². The van der Waals surface area contributed by atoms with E-state index in [1.54, 1.807) is 12.1 Å². The van der Waals surface area contributed by atoms with E-state index in [4.69, 9.17) is 9.47 Å². The molecule has 9 nitrogen and oxygen atoms in total. The lowest BCUT2D eigenvalue weighted by atomic mass is 10.2. The molecular formula is C19H17F3N4O5S. The van der Waals surface area contributed by atoms with Crippen LogP contribution in [-0.4, -0.2) is 54.2 Å². The number of sulfonamides is 1. The van der Waals surface area contributed by atoms with Crippen molar-refractivity contribution in [3.05, 3.63) is 48.5 Å². The SMILES string of the molecule is COc1ccc(S(=O)(=O)N2CC[C@H](Oc3ccc(-c4noc(C(F)(F)F)n4)cn3)C2)cc1. The van der Waals surface area contributed by atoms with Crippen LogP contribution in [0.4, 0.5) is 13.2 Å². The number of methoxy groups -OCH3 is 1. The first-order chi connectivity index (χ1) is 15.2. The summed E-state index contributed by atoms with van der Waals surface area (Å²) in [5.41, 5.74) is 0.215. The molecule has 0 radical (unpaired) electrons. The highest BCUT2D eigenvalue weighted by Gasteiger charge is 2.38. The van der Waals surface area contributed by atoms with Crippen molar-refractivity contribution >= 4 is 10.0 Å². The topological polar surface area (TPSA) is 108 Å². The number of rotatable bonds is 6. The van der Waals surface area contributed by atoms with E-state index in [1.807, 2.05) is 0 Å². The Kier molecular flexibility index (Phi) is 5.77. The second-order valence-corrected chi connectivity index (χ2v) is 8.81. The molecule has 3 aromatic rings. The predicted octanol–water partition coefficient (Wildman–Crippen LogP) is 3.00. The smallest absolute Gasteiger partial charge is 0.471 e. The Bertz CT molecular complexity index is 1180. The predicted molar refractivity (Wildman–Crippen MR) is 103 cm³/mol. The maximum atomic E-state index is 12.8. The number of pyridine rings is 1. The number of hydrogen-bond acceptors (Lipinski definition) is 8. The third-order valence-electron chi connectivity index (χ3n) is 4.76. The van der Waals surface area contributed by atoms with Crippen molar-refractivity contribution in [2.45, 2.75) is 23.6 Å². The molecule has 0 N–H and O–H groups in total. The van der Waals surface area contributed by atoms with Crippen LogP contribution in [0.5, 0.6) is 11.6 Å². The van der Waals surface area contributed by atoms with Gasteiger partial charge in [-0.3, -0.25) is 0 Å². The van der Waals surface area contributed by atoms with Crippen LogP contribution in [0.1, 0.15) is 12.3 Å². The lowest BCUT2D eigenvalue weighted by Crippen LogP contribution is -2.31. The number of halogens is 3. The second kappa shape index (κ2) is 8.39. The minimum absolute atomic E-state index is 0.136. The molecule has 0 saturated carbocycles. The van der Waals surface area contributed by atoms with Crippen molar-refractivity contribution in [3.63, 3.8) is 0 Å². The van der Waals surface area contributed by atoms with Gasteiger partial charge in [-0.05, 0) is 36.8 Å². The van der Waals surface area contributed by atoms with Gasteiger partial charge in [-0.1, -0.05) is 5.16 Å². The normalized spacial score (nSPS) is 17.4. The van der Waals surface area contributed by atoms with E-state index in [0.29, 0.717) is 12.2 Å². The van der Waals surface area contributed by atoms with Crippen LogP contribution in [0.2, 0.25) is 0 Å². The van der Waals surface area contributed by atoms with Crippen molar-refractivity contribution in [2.24, 2.45) is 0 Å². The van der Waals surface area contributed by atoms with Crippen LogP contribution in [0.15, 0.2) is 52.0 Å². The summed E-state index contributed by atoms with van der Waals surface area (Å²) in [6, 6.07) is 8.98. The van der Waals surface area contributed by atoms with Gasteiger partial charge in [0.25, 0.3) is 0 Å². The summed E-state index contributed by atoms with van der Waals surface area (Å²) in [5.74, 6) is -0.954. The summed E-state index contributed by atoms with van der Waals surface area (Å²) in [6.45, 7) is 0.414. The third kappa shape index (κ3) is 4.53. The Balaban J connectivity index is 1.39. The molecule has 170 valence electrons. The molecule has 3 heterocycles. The van der Waals surface area contributed by atoms with Gasteiger partial charge in [0.2, 0.25) is 21.7 Å². The summed E-state index contributed by atoms with van der Waals surface area (Å²) in [6.07, 6.45) is -3.45. The van der Waals surface area contributed by atoms with E-state index in [1.165, 1.54) is 41.9 Å². The largest absolute Gasteiger partial charge is 0.497 e. The fourth-order valence-electron chi connectivity index (χ4n) is 3.12. The Morgan fingerprint density at radius 1 is 1.16 bits per heavy atom. The number of alkyl halides is 3. The Labute approximate surface area is 180 Å². The molecule has 1 aliphatic heterocycles. The van der Waals surface area contributed by atoms with Crippen LogP contribution >= 0.6 is 0 Å². The molecule has 2 aromatic heterocycles. The number of ether oxygens (including phenoxy) is 2. The van der Waals surface area contributed by atoms with Crippen LogP contribution in [0.3, 0.4) is 0 Å². The van der Waals surface area contributed by atoms with E-state index < -0.39 is 28.2 Å². The molecule has 0 aliphatic carbocycles. The molecule has 0 amide bonds. The standard InChI is InChI=1S/C19H17F3N4O5S/c1-29-13-3-5-15(6-4-13)32(27,28)26-9-8-14(11-26)30-16-7-2-12(10-23-16)17-24-18(31-25-17)19(20,21)22/h2-7,10,14H,8-9,11H2,1H3/t14-/m0/s1. The van der Waals surface area contributed by atoms with Crippen molar-refractivity contribution in [2.75, 3.05) is 20.2 Å². The van der Waals surface area contributed by atoms with Gasteiger partial charge in [-0.15, -0.1) is 0 Å². The molecule has 0 spiro atoms. The zero-order valence-corrected chi connectivity index (χ0v) is 17.4. The average molecular weight is 470 g/mol. The van der Waals surface area contributed by atoms with E-state index >= 15 is 0 Å². The number of aromatic nitrogens is 3. The highest BCUT2D eigenvalue weighted by atomic mass is 32.2. The summed E-state index contributed by atoms with van der Waals surface area (Å²) in [5, 5.41) is 3.29. The van der Waals surface area contributed by atoms with Gasteiger partial charge in [0.05, 0.1) is 18.6 Å². The first-order valence-corrected chi connectivity index (χ1v) is 10.8. The molecule has 4 rings (SSSR count). The van der Waals surface area contributed by atoms with Crippen LogP contribution < -0.4 is 9.47 Å². The molecule has 0 bridgehead atoms. The Morgan fingerprint density at radius 2 is 1.91 bits per heavy atom. The molecule has 1 aliphatic rings. The van der Waals surface area contributed by atoms with Gasteiger partial charge in [0.15, 0.2) is 0 Å². The van der Waals surface area contributed by atoms with E-state index in [-0.39, 0.29) is 35.3 Å². The van der Waals surface area contributed by atoms with Gasteiger partial charge < -0.3 is 14.0 Å². The highest BCUT2D eigenvalue weighted by Crippen LogP contribution is 2.30. The van der Waals surface area contributed by atoms with Crippen LogP contribution in [-0.2, 0) is 16.2 Å². The fourth-order valence-corrected chi connectivity index (χ4v) is 4.60. The van der Waals surface area contributed by atoms with Crippen molar-refractivity contribution in [1.82, 2.24) is 19.4 Å². The summed E-state index contributed by atoms with van der Waals surface area (Å²) in [7, 11) is -2.19. The average Bonchev–Trinajstić information content (AvgIpc) is 3.45. The fraction of sp³-hybridized carbons (Fsp3) is 0.316. The molecule has 1 atom stereocenters. The minimum Gasteiger partial charge on any atom is -0.497 e. The van der Waals surface area contributed by atoms with Crippen molar-refractivity contribution < 1.29 is 35.6 Å². The van der Waals surface area contributed by atoms with Crippen LogP contribution in [0, 0.1) is 0 Å². The second-order valence-electron chi connectivity index (χ2n) is 6.87. The van der Waals surface area contributed by atoms with Gasteiger partial charge in [-0.25, -0.2) is 13.4 Å². The molecule has 0 unspecified atom stereocenters. The minimum atomic E-state index is -4.73. The van der Waals surface area contributed by atoms with Gasteiger partial charge >= 0.3 is 12.1 Å². The summed E-state index contributed by atoms with van der Waals surface area (Å²) >= 11 is 0. The first-order valence-electron chi connectivity index (χ1n) is 9.35. The third-order valence-corrected chi connectivity index (χ3v) is 6.63. The van der Waals surface area contributed by atoms with Crippen molar-refractivity contribution in [3.8, 4) is 23.0 Å². The number of hydrogen-bond donors (Lipinski definition) is 0. The van der Waals surface area contributed by atoms with Crippen LogP contribution in [0.25, 0.3) is 11.4 Å². The number of nitrogens with zero attached hydrogens (tertiary/aromatic N) is 4. The molecule has 1 aromatic carbocycles. The first kappa shape index (κ1) is 22.0. The molecule has 32 heavy (non-hydrogen) atoms. The summed E-state index contributed by atoms with van der Waals surface area (Å²) in [4.78, 5) is 7.50. The Hall–Kier alpha value is -3.19. The van der Waals surface area contributed by atoms with E-state index in [0.717, 1.165) is 0 Å². The lowest BCUT2D eigenvalue weighted by Gasteiger charge is -2.17. The zero-order valence-electron chi connectivity index (χ0n) is 16.6. The molecule has 13 heteroatoms. The molecular weight excluding hydrogens is 453 g/mol. The number of benzene rings is 1. The molecule has 1 saturated heterocycles. The zero-order chi connectivity index (χ0) is 22.9. The Morgan fingerprint density at radius 3 is 2.50 bits per heavy atom. The quantitative estimate of drug-likeness (QED) is 0.541.